The number of halogens is 2. The molecular formula is C19H19F2N7O. The zero-order valence-corrected chi connectivity index (χ0v) is 16.3. The molecule has 150 valence electrons. The van der Waals surface area contributed by atoms with Crippen LogP contribution in [-0.4, -0.2) is 31.1 Å². The number of pyridine rings is 1. The highest BCUT2D eigenvalue weighted by molar-refractivity contribution is 5.89. The average molecular weight is 399 g/mol. The van der Waals surface area contributed by atoms with E-state index in [0.29, 0.717) is 22.6 Å². The third-order valence-electron chi connectivity index (χ3n) is 3.78. The third-order valence-corrected chi connectivity index (χ3v) is 3.78. The summed E-state index contributed by atoms with van der Waals surface area (Å²) in [6.45, 7) is 5.57. The van der Waals surface area contributed by atoms with Crippen molar-refractivity contribution in [3.63, 3.8) is 0 Å². The summed E-state index contributed by atoms with van der Waals surface area (Å²) < 4.78 is 27.4. The van der Waals surface area contributed by atoms with Crippen LogP contribution in [0.4, 0.5) is 26.1 Å². The Bertz CT molecular complexity index is 1070. The number of alkyl halides is 2. The Morgan fingerprint density at radius 1 is 1.07 bits per heavy atom. The van der Waals surface area contributed by atoms with Crippen LogP contribution in [-0.2, 0) is 10.7 Å². The molecule has 0 radical (unpaired) electrons. The smallest absolute Gasteiger partial charge is 0.303 e. The maximum Gasteiger partial charge on any atom is 0.303 e. The number of aryl methyl sites for hydroxylation is 2. The van der Waals surface area contributed by atoms with Gasteiger partial charge in [-0.2, -0.15) is 19.0 Å². The monoisotopic (exact) mass is 399 g/mol. The van der Waals surface area contributed by atoms with Gasteiger partial charge in [0.25, 0.3) is 0 Å². The molecule has 0 saturated carbocycles. The zero-order chi connectivity index (χ0) is 21.2. The predicted molar refractivity (Wildman–Crippen MR) is 104 cm³/mol. The second-order valence-electron chi connectivity index (χ2n) is 6.65. The molecule has 3 aromatic heterocycles. The first-order valence-corrected chi connectivity index (χ1v) is 8.70. The number of nitrogens with zero attached hydrogens (tertiary/aromatic N) is 5. The quantitative estimate of drug-likeness (QED) is 0.673. The molecule has 0 aliphatic rings. The van der Waals surface area contributed by atoms with Crippen molar-refractivity contribution < 1.29 is 13.6 Å². The number of anilines is 3. The number of rotatable bonds is 5. The first-order chi connectivity index (χ1) is 13.6. The minimum absolute atomic E-state index is 0.177. The summed E-state index contributed by atoms with van der Waals surface area (Å²) >= 11 is 0. The second kappa shape index (κ2) is 7.82. The Hall–Kier alpha value is -3.56. The van der Waals surface area contributed by atoms with Crippen LogP contribution in [0, 0.1) is 13.8 Å². The first kappa shape index (κ1) is 20.2. The Morgan fingerprint density at radius 3 is 2.48 bits per heavy atom. The normalized spacial score (nSPS) is 11.2. The third kappa shape index (κ3) is 5.03. The van der Waals surface area contributed by atoms with Crippen molar-refractivity contribution in [3.05, 3.63) is 47.7 Å². The van der Waals surface area contributed by atoms with Crippen molar-refractivity contribution in [2.45, 2.75) is 33.6 Å². The number of carbonyl (C=O) groups excluding carboxylic acids is 1. The maximum atomic E-state index is 13.7. The van der Waals surface area contributed by atoms with E-state index in [1.807, 2.05) is 13.0 Å². The lowest BCUT2D eigenvalue weighted by molar-refractivity contribution is -0.114. The molecule has 0 unspecified atom stereocenters. The summed E-state index contributed by atoms with van der Waals surface area (Å²) in [5.74, 6) is -3.61. The number of amides is 1. The van der Waals surface area contributed by atoms with E-state index in [4.69, 9.17) is 0 Å². The highest BCUT2D eigenvalue weighted by Gasteiger charge is 2.29. The number of hydrogen-bond donors (Lipinski definition) is 2. The fraction of sp³-hybridized carbons (Fsp3) is 0.263. The molecule has 0 aliphatic heterocycles. The van der Waals surface area contributed by atoms with Gasteiger partial charge < -0.3 is 10.6 Å². The van der Waals surface area contributed by atoms with Gasteiger partial charge in [-0.05, 0) is 25.5 Å². The first-order valence-electron chi connectivity index (χ1n) is 8.70. The SMILES string of the molecule is CC(=O)Nc1cc(Nc2cc(C)nc(C(C)(F)F)n2)c(-c2cc(C)cnn2)cn1. The molecule has 29 heavy (non-hydrogen) atoms. The number of aromatic nitrogens is 5. The molecule has 0 fully saturated rings. The van der Waals surface area contributed by atoms with E-state index in [0.717, 1.165) is 12.5 Å². The minimum atomic E-state index is -3.19. The van der Waals surface area contributed by atoms with Gasteiger partial charge in [0.05, 0.1) is 17.6 Å². The van der Waals surface area contributed by atoms with Gasteiger partial charge >= 0.3 is 5.92 Å². The summed E-state index contributed by atoms with van der Waals surface area (Å²) in [4.78, 5) is 23.3. The molecule has 8 nitrogen and oxygen atoms in total. The van der Waals surface area contributed by atoms with E-state index < -0.39 is 11.7 Å². The van der Waals surface area contributed by atoms with Gasteiger partial charge in [-0.15, -0.1) is 0 Å². The molecule has 0 atom stereocenters. The molecule has 0 aromatic carbocycles. The lowest BCUT2D eigenvalue weighted by Crippen LogP contribution is -2.14. The van der Waals surface area contributed by atoms with Gasteiger partial charge in [-0.1, -0.05) is 0 Å². The molecule has 0 saturated heterocycles. The number of nitrogens with one attached hydrogen (secondary N) is 2. The second-order valence-corrected chi connectivity index (χ2v) is 6.65. The molecule has 10 heteroatoms. The largest absolute Gasteiger partial charge is 0.339 e. The van der Waals surface area contributed by atoms with Crippen LogP contribution >= 0.6 is 0 Å². The van der Waals surface area contributed by atoms with Gasteiger partial charge in [0.2, 0.25) is 11.7 Å². The molecule has 2 N–H and O–H groups in total. The van der Waals surface area contributed by atoms with Crippen molar-refractivity contribution in [1.29, 1.82) is 0 Å². The van der Waals surface area contributed by atoms with Gasteiger partial charge in [0.1, 0.15) is 11.6 Å². The fourth-order valence-electron chi connectivity index (χ4n) is 2.57. The Morgan fingerprint density at radius 2 is 1.83 bits per heavy atom. The molecular weight excluding hydrogens is 380 g/mol. The molecule has 0 aliphatic carbocycles. The van der Waals surface area contributed by atoms with Gasteiger partial charge in [0, 0.05) is 43.4 Å². The Labute approximate surface area is 165 Å². The number of hydrogen-bond acceptors (Lipinski definition) is 7. The van der Waals surface area contributed by atoms with Crippen LogP contribution in [0.5, 0.6) is 0 Å². The van der Waals surface area contributed by atoms with Crippen LogP contribution in [0.3, 0.4) is 0 Å². The van der Waals surface area contributed by atoms with Crippen LogP contribution < -0.4 is 10.6 Å². The van der Waals surface area contributed by atoms with Crippen LogP contribution in [0.2, 0.25) is 0 Å². The topological polar surface area (TPSA) is 106 Å². The summed E-state index contributed by atoms with van der Waals surface area (Å²) in [5.41, 5.74) is 2.83. The van der Waals surface area contributed by atoms with E-state index in [1.54, 1.807) is 25.3 Å². The average Bonchev–Trinajstić information content (AvgIpc) is 2.60. The summed E-state index contributed by atoms with van der Waals surface area (Å²) in [6.07, 6.45) is 3.12. The van der Waals surface area contributed by atoms with E-state index in [2.05, 4.69) is 35.8 Å². The fourth-order valence-corrected chi connectivity index (χ4v) is 2.57. The van der Waals surface area contributed by atoms with E-state index in [-0.39, 0.29) is 17.5 Å². The molecule has 3 rings (SSSR count). The zero-order valence-electron chi connectivity index (χ0n) is 16.3. The van der Waals surface area contributed by atoms with E-state index >= 15 is 0 Å². The van der Waals surface area contributed by atoms with Gasteiger partial charge in [-0.3, -0.25) is 4.79 Å². The summed E-state index contributed by atoms with van der Waals surface area (Å²) in [6, 6.07) is 4.92. The number of carbonyl (C=O) groups is 1. The van der Waals surface area contributed by atoms with Crippen molar-refractivity contribution >= 4 is 23.2 Å². The van der Waals surface area contributed by atoms with Crippen molar-refractivity contribution in [3.8, 4) is 11.3 Å². The lowest BCUT2D eigenvalue weighted by Gasteiger charge is -2.15. The van der Waals surface area contributed by atoms with Crippen molar-refractivity contribution in [1.82, 2.24) is 25.1 Å². The lowest BCUT2D eigenvalue weighted by atomic mass is 10.1. The van der Waals surface area contributed by atoms with Crippen LogP contribution in [0.15, 0.2) is 30.6 Å². The van der Waals surface area contributed by atoms with Gasteiger partial charge in [0.15, 0.2) is 0 Å². The molecule has 3 aromatic rings. The highest BCUT2D eigenvalue weighted by Crippen LogP contribution is 2.31. The Kier molecular flexibility index (Phi) is 5.44. The highest BCUT2D eigenvalue weighted by atomic mass is 19.3. The predicted octanol–water partition coefficient (Wildman–Crippen LogP) is 3.76. The summed E-state index contributed by atoms with van der Waals surface area (Å²) in [5, 5.41) is 13.7. The van der Waals surface area contributed by atoms with Crippen LogP contribution in [0.1, 0.15) is 30.9 Å². The van der Waals surface area contributed by atoms with Crippen LogP contribution in [0.25, 0.3) is 11.3 Å². The van der Waals surface area contributed by atoms with E-state index in [1.165, 1.54) is 13.1 Å². The minimum Gasteiger partial charge on any atom is -0.339 e. The van der Waals surface area contributed by atoms with Gasteiger partial charge in [-0.25, -0.2) is 15.0 Å². The van der Waals surface area contributed by atoms with E-state index in [9.17, 15) is 13.6 Å². The summed E-state index contributed by atoms with van der Waals surface area (Å²) in [7, 11) is 0. The Balaban J connectivity index is 2.09. The molecule has 0 spiro atoms. The van der Waals surface area contributed by atoms with Crippen molar-refractivity contribution in [2.75, 3.05) is 10.6 Å². The molecule has 0 bridgehead atoms. The van der Waals surface area contributed by atoms with Crippen molar-refractivity contribution in [2.24, 2.45) is 0 Å². The maximum absolute atomic E-state index is 13.7. The standard InChI is InChI=1S/C19H19F2N7O/c1-10-5-15(28-23-8-10)13-9-22-16(25-12(3)29)7-14(13)26-17-6-11(2)24-18(27-17)19(4,20)21/h5-9H,1-4H3,(H2,22,24,25,26,27,29). The molecule has 1 amide bonds. The molecule has 3 heterocycles.